The first kappa shape index (κ1) is 16.6. The minimum Gasteiger partial charge on any atom is -0.382 e. The summed E-state index contributed by atoms with van der Waals surface area (Å²) in [6.45, 7) is 8.86. The number of amidine groups is 1. The zero-order valence-corrected chi connectivity index (χ0v) is 14.3. The number of allylic oxidation sites excluding steroid dienone is 1. The molecule has 1 fully saturated rings. The average molecular weight is 303 g/mol. The Morgan fingerprint density at radius 1 is 1.50 bits per heavy atom. The summed E-state index contributed by atoms with van der Waals surface area (Å²) >= 11 is 0. The standard InChI is InChI=1S/C17H29N5/c1-5-6-8-14-15(18)20-10-12-22(14)16(19-4)21-11-7-9-17(2,3)13-21/h8,10,12H,5-7,9,11,13H2,1-4H3,(H2,18,20)/b14-8+,19-16?. The van der Waals surface area contributed by atoms with Gasteiger partial charge in [0, 0.05) is 32.5 Å². The van der Waals surface area contributed by atoms with E-state index in [1.807, 2.05) is 13.2 Å². The van der Waals surface area contributed by atoms with Crippen molar-refractivity contribution in [2.24, 2.45) is 21.1 Å². The zero-order valence-electron chi connectivity index (χ0n) is 14.3. The molecule has 0 aromatic carbocycles. The Balaban J connectivity index is 2.26. The lowest BCUT2D eigenvalue weighted by atomic mass is 9.84. The van der Waals surface area contributed by atoms with Gasteiger partial charge in [-0.05, 0) is 24.7 Å². The van der Waals surface area contributed by atoms with Crippen molar-refractivity contribution in [3.8, 4) is 0 Å². The topological polar surface area (TPSA) is 57.2 Å². The first-order valence-electron chi connectivity index (χ1n) is 8.20. The molecule has 5 nitrogen and oxygen atoms in total. The van der Waals surface area contributed by atoms with Crippen molar-refractivity contribution in [2.75, 3.05) is 20.1 Å². The molecule has 0 aromatic heterocycles. The third-order valence-electron chi connectivity index (χ3n) is 4.18. The maximum Gasteiger partial charge on any atom is 0.205 e. The van der Waals surface area contributed by atoms with Gasteiger partial charge >= 0.3 is 0 Å². The van der Waals surface area contributed by atoms with Crippen LogP contribution in [-0.4, -0.2) is 41.7 Å². The number of unbranched alkanes of at least 4 members (excludes halogenated alkanes) is 1. The van der Waals surface area contributed by atoms with Gasteiger partial charge in [-0.2, -0.15) is 0 Å². The molecule has 0 saturated carbocycles. The zero-order chi connectivity index (χ0) is 16.2. The Kier molecular flexibility index (Phi) is 5.27. The second-order valence-corrected chi connectivity index (χ2v) is 6.77. The number of rotatable bonds is 2. The number of nitrogens with two attached hydrogens (primary N) is 1. The van der Waals surface area contributed by atoms with E-state index in [4.69, 9.17) is 5.73 Å². The van der Waals surface area contributed by atoms with Gasteiger partial charge < -0.3 is 10.6 Å². The number of likely N-dealkylation sites (tertiary alicyclic amines) is 1. The van der Waals surface area contributed by atoms with E-state index >= 15 is 0 Å². The van der Waals surface area contributed by atoms with E-state index in [2.05, 4.69) is 46.6 Å². The largest absolute Gasteiger partial charge is 0.382 e. The lowest BCUT2D eigenvalue weighted by Gasteiger charge is -2.42. The number of guanidine groups is 1. The molecular formula is C17H29N5. The molecule has 5 heteroatoms. The molecule has 0 amide bonds. The molecule has 2 rings (SSSR count). The molecule has 2 aliphatic rings. The monoisotopic (exact) mass is 303 g/mol. The molecule has 22 heavy (non-hydrogen) atoms. The van der Waals surface area contributed by atoms with Crippen LogP contribution < -0.4 is 5.73 Å². The highest BCUT2D eigenvalue weighted by Gasteiger charge is 2.31. The van der Waals surface area contributed by atoms with E-state index in [-0.39, 0.29) is 0 Å². The molecule has 1 saturated heterocycles. The number of hydrogen-bond donors (Lipinski definition) is 1. The van der Waals surface area contributed by atoms with E-state index in [0.29, 0.717) is 11.3 Å². The van der Waals surface area contributed by atoms with Crippen LogP contribution in [0.4, 0.5) is 0 Å². The van der Waals surface area contributed by atoms with Crippen LogP contribution in [0.1, 0.15) is 46.5 Å². The van der Waals surface area contributed by atoms with Crippen molar-refractivity contribution in [3.05, 3.63) is 24.2 Å². The maximum atomic E-state index is 6.10. The Bertz CT molecular complexity index is 513. The highest BCUT2D eigenvalue weighted by molar-refractivity contribution is 6.02. The first-order valence-corrected chi connectivity index (χ1v) is 8.20. The molecule has 0 aliphatic carbocycles. The van der Waals surface area contributed by atoms with Gasteiger partial charge in [0.05, 0.1) is 5.70 Å². The average Bonchev–Trinajstić information content (AvgIpc) is 2.46. The predicted octanol–water partition coefficient (Wildman–Crippen LogP) is 2.92. The molecular weight excluding hydrogens is 274 g/mol. The highest BCUT2D eigenvalue weighted by Crippen LogP contribution is 2.29. The Hall–Kier alpha value is -1.78. The second-order valence-electron chi connectivity index (χ2n) is 6.77. The van der Waals surface area contributed by atoms with Gasteiger partial charge in [-0.3, -0.25) is 9.89 Å². The summed E-state index contributed by atoms with van der Waals surface area (Å²) in [5, 5.41) is 0. The van der Waals surface area contributed by atoms with Crippen molar-refractivity contribution in [3.63, 3.8) is 0 Å². The number of piperidine rings is 1. The molecule has 0 aromatic rings. The van der Waals surface area contributed by atoms with Crippen LogP contribution in [0.15, 0.2) is 34.2 Å². The first-order chi connectivity index (χ1) is 10.5. The van der Waals surface area contributed by atoms with Crippen LogP contribution in [0, 0.1) is 5.41 Å². The summed E-state index contributed by atoms with van der Waals surface area (Å²) in [6, 6.07) is 0. The second kappa shape index (κ2) is 6.99. The molecule has 2 aliphatic heterocycles. The van der Waals surface area contributed by atoms with Crippen molar-refractivity contribution >= 4 is 11.8 Å². The van der Waals surface area contributed by atoms with Crippen LogP contribution in [0.2, 0.25) is 0 Å². The van der Waals surface area contributed by atoms with Gasteiger partial charge in [-0.25, -0.2) is 4.99 Å². The summed E-state index contributed by atoms with van der Waals surface area (Å²) in [4.78, 5) is 13.2. The van der Waals surface area contributed by atoms with E-state index in [1.165, 1.54) is 12.8 Å². The SMILES string of the molecule is CCC/C=C1\C(N)=NC=CN1C(=NC)N1CCCC(C)(C)C1. The smallest absolute Gasteiger partial charge is 0.205 e. The quantitative estimate of drug-likeness (QED) is 0.630. The summed E-state index contributed by atoms with van der Waals surface area (Å²) in [5.74, 6) is 1.53. The summed E-state index contributed by atoms with van der Waals surface area (Å²) in [5.41, 5.74) is 7.37. The Labute approximate surface area is 134 Å². The van der Waals surface area contributed by atoms with Crippen molar-refractivity contribution in [2.45, 2.75) is 46.5 Å². The van der Waals surface area contributed by atoms with Crippen LogP contribution in [0.25, 0.3) is 0 Å². The normalized spacial score (nSPS) is 23.9. The van der Waals surface area contributed by atoms with E-state index in [9.17, 15) is 0 Å². The van der Waals surface area contributed by atoms with Crippen LogP contribution >= 0.6 is 0 Å². The van der Waals surface area contributed by atoms with Gasteiger partial charge in [0.1, 0.15) is 5.84 Å². The molecule has 0 atom stereocenters. The fourth-order valence-corrected chi connectivity index (χ4v) is 3.10. The minimum atomic E-state index is 0.320. The third-order valence-corrected chi connectivity index (χ3v) is 4.18. The van der Waals surface area contributed by atoms with Crippen molar-refractivity contribution in [1.29, 1.82) is 0 Å². The highest BCUT2D eigenvalue weighted by atomic mass is 15.4. The lowest BCUT2D eigenvalue weighted by Crippen LogP contribution is -2.50. The van der Waals surface area contributed by atoms with Gasteiger partial charge in [0.15, 0.2) is 0 Å². The predicted molar refractivity (Wildman–Crippen MR) is 93.5 cm³/mol. The molecule has 2 N–H and O–H groups in total. The fourth-order valence-electron chi connectivity index (χ4n) is 3.10. The maximum absolute atomic E-state index is 6.10. The summed E-state index contributed by atoms with van der Waals surface area (Å²) in [7, 11) is 1.85. The molecule has 0 bridgehead atoms. The van der Waals surface area contributed by atoms with Crippen LogP contribution in [-0.2, 0) is 0 Å². The van der Waals surface area contributed by atoms with Gasteiger partial charge in [-0.1, -0.05) is 33.3 Å². The van der Waals surface area contributed by atoms with E-state index in [1.54, 1.807) is 6.20 Å². The van der Waals surface area contributed by atoms with Gasteiger partial charge in [0.2, 0.25) is 5.96 Å². The van der Waals surface area contributed by atoms with Crippen LogP contribution in [0.5, 0.6) is 0 Å². The van der Waals surface area contributed by atoms with Crippen LogP contribution in [0.3, 0.4) is 0 Å². The molecule has 0 unspecified atom stereocenters. The molecule has 0 spiro atoms. The van der Waals surface area contributed by atoms with E-state index < -0.39 is 0 Å². The Morgan fingerprint density at radius 2 is 2.27 bits per heavy atom. The summed E-state index contributed by atoms with van der Waals surface area (Å²) in [6.07, 6.45) is 10.4. The van der Waals surface area contributed by atoms with Crippen molar-refractivity contribution in [1.82, 2.24) is 9.80 Å². The van der Waals surface area contributed by atoms with Gasteiger partial charge in [-0.15, -0.1) is 0 Å². The summed E-state index contributed by atoms with van der Waals surface area (Å²) < 4.78 is 0. The Morgan fingerprint density at radius 3 is 2.91 bits per heavy atom. The lowest BCUT2D eigenvalue weighted by molar-refractivity contribution is 0.169. The number of aliphatic imine (C=N–C) groups is 2. The minimum absolute atomic E-state index is 0.320. The molecule has 2 heterocycles. The van der Waals surface area contributed by atoms with Gasteiger partial charge in [0.25, 0.3) is 0 Å². The fraction of sp³-hybridized carbons (Fsp3) is 0.647. The number of nitrogens with zero attached hydrogens (tertiary/aromatic N) is 4. The third kappa shape index (κ3) is 3.70. The molecule has 0 radical (unpaired) electrons. The van der Waals surface area contributed by atoms with Crippen molar-refractivity contribution < 1.29 is 0 Å². The van der Waals surface area contributed by atoms with E-state index in [0.717, 1.165) is 37.6 Å². The number of hydrogen-bond acceptors (Lipinski definition) is 3. The molecule has 122 valence electrons.